The Bertz CT molecular complexity index is 810. The van der Waals surface area contributed by atoms with Gasteiger partial charge in [0.25, 0.3) is 0 Å². The molecular formula is C18H20FN5O. The lowest BCUT2D eigenvalue weighted by atomic mass is 10.1. The molecule has 2 unspecified atom stereocenters. The van der Waals surface area contributed by atoms with Gasteiger partial charge in [0, 0.05) is 11.3 Å². The fraction of sp³-hybridized carbons (Fsp3) is 0.278. The van der Waals surface area contributed by atoms with Crippen LogP contribution in [0.4, 0.5) is 10.1 Å². The van der Waals surface area contributed by atoms with Crippen LogP contribution in [0.25, 0.3) is 0 Å². The molecule has 130 valence electrons. The monoisotopic (exact) mass is 341 g/mol. The number of aryl methyl sites for hydroxylation is 1. The van der Waals surface area contributed by atoms with Crippen LogP contribution < -0.4 is 5.73 Å². The molecule has 1 aliphatic heterocycles. The van der Waals surface area contributed by atoms with Crippen molar-refractivity contribution in [2.45, 2.75) is 32.6 Å². The first-order valence-corrected chi connectivity index (χ1v) is 8.02. The minimum absolute atomic E-state index is 0.331. The van der Waals surface area contributed by atoms with Gasteiger partial charge in [-0.15, -0.1) is 0 Å². The maximum atomic E-state index is 14.0. The van der Waals surface area contributed by atoms with E-state index < -0.39 is 12.2 Å². The Kier molecular flexibility index (Phi) is 4.65. The Labute approximate surface area is 145 Å². The van der Waals surface area contributed by atoms with Crippen LogP contribution in [-0.2, 0) is 11.3 Å². The second kappa shape index (κ2) is 6.88. The van der Waals surface area contributed by atoms with Gasteiger partial charge in [-0.05, 0) is 37.1 Å². The normalized spacial score (nSPS) is 17.8. The van der Waals surface area contributed by atoms with Gasteiger partial charge >= 0.3 is 0 Å². The number of benzene rings is 2. The fourth-order valence-corrected chi connectivity index (χ4v) is 2.88. The van der Waals surface area contributed by atoms with Gasteiger partial charge in [-0.3, -0.25) is 4.79 Å². The number of nitrogens with zero attached hydrogens (tertiary/aromatic N) is 4. The van der Waals surface area contributed by atoms with Gasteiger partial charge in [0.2, 0.25) is 0 Å². The van der Waals surface area contributed by atoms with Crippen LogP contribution in [-0.4, -0.2) is 22.5 Å². The number of carbonyl (C=O) groups is 1. The molecule has 6 nitrogen and oxygen atoms in total. The highest BCUT2D eigenvalue weighted by molar-refractivity contribution is 5.57. The number of hydrogen-bond acceptors (Lipinski definition) is 6. The van der Waals surface area contributed by atoms with Crippen molar-refractivity contribution in [2.24, 2.45) is 10.4 Å². The maximum Gasteiger partial charge on any atom is 0.194 e. The highest BCUT2D eigenvalue weighted by Crippen LogP contribution is 2.30. The first-order valence-electron chi connectivity index (χ1n) is 8.02. The molecular weight excluding hydrogens is 321 g/mol. The second-order valence-electron chi connectivity index (χ2n) is 6.09. The van der Waals surface area contributed by atoms with Gasteiger partial charge in [-0.1, -0.05) is 40.8 Å². The third-order valence-corrected chi connectivity index (χ3v) is 4.39. The van der Waals surface area contributed by atoms with E-state index in [4.69, 9.17) is 5.73 Å². The average molecular weight is 341 g/mol. The molecule has 1 heterocycles. The summed E-state index contributed by atoms with van der Waals surface area (Å²) in [6.07, 6.45) is 0.0778. The minimum atomic E-state index is -0.688. The van der Waals surface area contributed by atoms with E-state index in [1.54, 1.807) is 30.1 Å². The van der Waals surface area contributed by atoms with E-state index in [0.29, 0.717) is 17.8 Å². The predicted molar refractivity (Wildman–Crippen MR) is 92.5 cm³/mol. The van der Waals surface area contributed by atoms with Crippen LogP contribution in [0, 0.1) is 12.7 Å². The molecule has 7 heteroatoms. The zero-order valence-corrected chi connectivity index (χ0v) is 14.1. The molecule has 0 fully saturated rings. The van der Waals surface area contributed by atoms with E-state index in [9.17, 15) is 9.18 Å². The molecule has 2 atom stereocenters. The van der Waals surface area contributed by atoms with E-state index in [1.165, 1.54) is 11.1 Å². The summed E-state index contributed by atoms with van der Waals surface area (Å²) in [6.45, 7) is 4.13. The van der Waals surface area contributed by atoms with Crippen LogP contribution in [0.1, 0.15) is 29.7 Å². The van der Waals surface area contributed by atoms with Crippen LogP contribution in [0.3, 0.4) is 0 Å². The molecule has 0 bridgehead atoms. The topological polar surface area (TPSA) is 74.3 Å². The first-order chi connectivity index (χ1) is 12.0. The molecule has 0 aliphatic carbocycles. The summed E-state index contributed by atoms with van der Waals surface area (Å²) in [6, 6.07) is 11.7. The minimum Gasteiger partial charge on any atom is -0.399 e. The number of carbonyl (C=O) groups excluding carboxylic acids is 1. The van der Waals surface area contributed by atoms with E-state index in [1.807, 2.05) is 25.1 Å². The van der Waals surface area contributed by atoms with Crippen molar-refractivity contribution in [3.05, 3.63) is 65.0 Å². The van der Waals surface area contributed by atoms with Gasteiger partial charge in [0.1, 0.15) is 5.82 Å². The van der Waals surface area contributed by atoms with Crippen molar-refractivity contribution >= 4 is 12.0 Å². The summed E-state index contributed by atoms with van der Waals surface area (Å²) in [5, 5.41) is 11.3. The van der Waals surface area contributed by atoms with Gasteiger partial charge < -0.3 is 5.73 Å². The summed E-state index contributed by atoms with van der Waals surface area (Å²) in [5.41, 5.74) is 8.96. The van der Waals surface area contributed by atoms with Crippen molar-refractivity contribution < 1.29 is 9.18 Å². The van der Waals surface area contributed by atoms with Crippen LogP contribution >= 0.6 is 0 Å². The van der Waals surface area contributed by atoms with Crippen molar-refractivity contribution in [3.8, 4) is 0 Å². The number of rotatable bonds is 5. The Morgan fingerprint density at radius 1 is 1.28 bits per heavy atom. The van der Waals surface area contributed by atoms with Gasteiger partial charge in [-0.2, -0.15) is 0 Å². The summed E-state index contributed by atoms with van der Waals surface area (Å²) in [5.74, 6) is -0.331. The third-order valence-electron chi connectivity index (χ3n) is 4.39. The molecule has 25 heavy (non-hydrogen) atoms. The number of nitrogens with two attached hydrogens (primary N) is 1. The van der Waals surface area contributed by atoms with E-state index in [0.717, 1.165) is 17.4 Å². The lowest BCUT2D eigenvalue weighted by Gasteiger charge is -2.28. The quantitative estimate of drug-likeness (QED) is 0.668. The Hall–Kier alpha value is -2.96. The average Bonchev–Trinajstić information content (AvgIpc) is 3.00. The van der Waals surface area contributed by atoms with Crippen LogP contribution in [0.5, 0.6) is 0 Å². The third kappa shape index (κ3) is 3.31. The number of hydrogen-bond donors (Lipinski definition) is 1. The number of anilines is 1. The number of aldehydes is 1. The highest BCUT2D eigenvalue weighted by Gasteiger charge is 2.34. The van der Waals surface area contributed by atoms with Crippen LogP contribution in [0.15, 0.2) is 52.9 Å². The van der Waals surface area contributed by atoms with Gasteiger partial charge in [0.05, 0.1) is 12.6 Å². The molecule has 1 aliphatic rings. The smallest absolute Gasteiger partial charge is 0.194 e. The summed E-state index contributed by atoms with van der Waals surface area (Å²) in [4.78, 5) is 11.6. The predicted octanol–water partition coefficient (Wildman–Crippen LogP) is 3.40. The zero-order valence-electron chi connectivity index (χ0n) is 14.1. The van der Waals surface area contributed by atoms with Crippen molar-refractivity contribution in [1.29, 1.82) is 0 Å². The van der Waals surface area contributed by atoms with Crippen molar-refractivity contribution in [1.82, 2.24) is 10.0 Å². The Morgan fingerprint density at radius 2 is 2.04 bits per heavy atom. The summed E-state index contributed by atoms with van der Waals surface area (Å²) in [7, 11) is 0. The maximum absolute atomic E-state index is 14.0. The first kappa shape index (κ1) is 16.9. The van der Waals surface area contributed by atoms with E-state index in [-0.39, 0.29) is 5.82 Å². The second-order valence-corrected chi connectivity index (χ2v) is 6.09. The molecule has 2 aromatic rings. The summed E-state index contributed by atoms with van der Waals surface area (Å²) < 4.78 is 14.0. The van der Waals surface area contributed by atoms with Gasteiger partial charge in [-0.25, -0.2) is 14.4 Å². The fourth-order valence-electron chi connectivity index (χ4n) is 2.88. The van der Waals surface area contributed by atoms with Crippen molar-refractivity contribution in [3.63, 3.8) is 0 Å². The van der Waals surface area contributed by atoms with Crippen molar-refractivity contribution in [2.75, 3.05) is 5.73 Å². The largest absolute Gasteiger partial charge is 0.399 e. The standard InChI is InChI=1S/C18H20FN5O/c1-12-9-14(7-8-17(12)20)10-23-18(11-25)24(22-21-23)13(2)15-5-3-4-6-16(15)19/h3-9,11,13,18H,10,20H2,1-2H3. The molecule has 0 saturated heterocycles. The SMILES string of the molecule is Cc1cc(CN2N=NN(C(C)c3ccccc3F)C2C=O)ccc1N. The Balaban J connectivity index is 1.79. The highest BCUT2D eigenvalue weighted by atomic mass is 19.1. The molecule has 2 N–H and O–H groups in total. The Morgan fingerprint density at radius 3 is 2.72 bits per heavy atom. The van der Waals surface area contributed by atoms with E-state index in [2.05, 4.69) is 10.4 Å². The molecule has 2 aromatic carbocycles. The number of nitrogen functional groups attached to an aromatic ring is 1. The van der Waals surface area contributed by atoms with Crippen LogP contribution in [0.2, 0.25) is 0 Å². The molecule has 0 saturated carbocycles. The number of halogens is 1. The lowest BCUT2D eigenvalue weighted by molar-refractivity contribution is -0.117. The molecule has 0 aromatic heterocycles. The van der Waals surface area contributed by atoms with Gasteiger partial charge in [0.15, 0.2) is 12.5 Å². The zero-order chi connectivity index (χ0) is 18.0. The molecule has 0 spiro atoms. The molecule has 0 amide bonds. The molecule has 0 radical (unpaired) electrons. The lowest BCUT2D eigenvalue weighted by Crippen LogP contribution is -2.40. The van der Waals surface area contributed by atoms with E-state index >= 15 is 0 Å². The molecule has 3 rings (SSSR count). The summed E-state index contributed by atoms with van der Waals surface area (Å²) >= 11 is 0.